The van der Waals surface area contributed by atoms with Gasteiger partial charge in [0.2, 0.25) is 0 Å². The molecule has 3 atom stereocenters. The molecule has 2 aromatic carbocycles. The third kappa shape index (κ3) is 4.54. The molecule has 1 saturated carbocycles. The maximum atomic E-state index is 14.7. The van der Waals surface area contributed by atoms with Gasteiger partial charge in [-0.1, -0.05) is 81.4 Å². The maximum Gasteiger partial charge on any atom is 0.404 e. The van der Waals surface area contributed by atoms with Crippen LogP contribution in [0.4, 0.5) is 9.18 Å². The third-order valence-electron chi connectivity index (χ3n) is 5.79. The van der Waals surface area contributed by atoms with Gasteiger partial charge in [-0.2, -0.15) is 0 Å². The third-order valence-corrected chi connectivity index (χ3v) is 10.9. The molecule has 4 nitrogen and oxygen atoms in total. The Bertz CT molecular complexity index is 770. The fraction of sp³-hybridized carbons (Fsp3) is 0.435. The van der Waals surface area contributed by atoms with E-state index in [2.05, 4.69) is 50.4 Å². The summed E-state index contributed by atoms with van der Waals surface area (Å²) >= 11 is 0. The van der Waals surface area contributed by atoms with Crippen LogP contribution >= 0.6 is 0 Å². The summed E-state index contributed by atoms with van der Waals surface area (Å²) < 4.78 is 21.7. The van der Waals surface area contributed by atoms with Crippen LogP contribution in [0.3, 0.4) is 0 Å². The quantitative estimate of drug-likeness (QED) is 0.723. The highest BCUT2D eigenvalue weighted by molar-refractivity contribution is 6.99. The van der Waals surface area contributed by atoms with Crippen LogP contribution in [-0.2, 0) is 4.43 Å². The monoisotopic (exact) mass is 415 g/mol. The summed E-state index contributed by atoms with van der Waals surface area (Å²) in [5, 5.41) is 13.4. The summed E-state index contributed by atoms with van der Waals surface area (Å²) in [6.45, 7) is 6.59. The molecule has 1 fully saturated rings. The van der Waals surface area contributed by atoms with Crippen LogP contribution in [0.5, 0.6) is 0 Å². The van der Waals surface area contributed by atoms with Gasteiger partial charge in [-0.25, -0.2) is 9.18 Å². The maximum absolute atomic E-state index is 14.7. The average molecular weight is 416 g/mol. The van der Waals surface area contributed by atoms with Gasteiger partial charge in [0.1, 0.15) is 6.17 Å². The first-order valence-corrected chi connectivity index (χ1v) is 12.1. The summed E-state index contributed by atoms with van der Waals surface area (Å²) in [6, 6.07) is 19.9. The predicted molar refractivity (Wildman–Crippen MR) is 116 cm³/mol. The molecule has 2 aromatic rings. The van der Waals surface area contributed by atoms with Gasteiger partial charge in [0.05, 0.1) is 6.04 Å². The number of benzene rings is 2. The lowest BCUT2D eigenvalue weighted by Crippen LogP contribution is -2.68. The normalized spacial score (nSPS) is 22.8. The van der Waals surface area contributed by atoms with Crippen molar-refractivity contribution in [1.82, 2.24) is 5.32 Å². The van der Waals surface area contributed by atoms with E-state index in [4.69, 9.17) is 9.53 Å². The molecule has 0 unspecified atom stereocenters. The standard InChI is InChI=1S/C23H30FNO3Si/c1-23(2,3)29(18-10-6-4-7-11-18,19-12-8-5-9-13-19)28-17-14-15-21(20(24)16-17)25-22(26)27/h4-13,17,20-21,25H,14-16H2,1-3H3,(H,26,27)/t17-,20-,21+/m1/s1. The number of nitrogens with one attached hydrogen (secondary N) is 1. The number of amides is 1. The van der Waals surface area contributed by atoms with Crippen LogP contribution in [0, 0.1) is 0 Å². The van der Waals surface area contributed by atoms with Gasteiger partial charge in [-0.15, -0.1) is 0 Å². The van der Waals surface area contributed by atoms with E-state index in [1.54, 1.807) is 0 Å². The number of halogens is 1. The number of alkyl halides is 1. The fourth-order valence-corrected chi connectivity index (χ4v) is 9.18. The zero-order valence-electron chi connectivity index (χ0n) is 17.3. The first-order valence-electron chi connectivity index (χ1n) is 10.2. The van der Waals surface area contributed by atoms with Crippen molar-refractivity contribution in [2.45, 2.75) is 63.4 Å². The van der Waals surface area contributed by atoms with E-state index in [1.807, 2.05) is 36.4 Å². The molecular formula is C23H30FNO3Si. The van der Waals surface area contributed by atoms with Crippen molar-refractivity contribution in [2.24, 2.45) is 0 Å². The van der Waals surface area contributed by atoms with Crippen LogP contribution in [0.25, 0.3) is 0 Å². The van der Waals surface area contributed by atoms with Crippen molar-refractivity contribution in [3.8, 4) is 0 Å². The molecule has 0 saturated heterocycles. The Balaban J connectivity index is 1.98. The molecule has 0 radical (unpaired) electrons. The molecule has 29 heavy (non-hydrogen) atoms. The summed E-state index contributed by atoms with van der Waals surface area (Å²) in [7, 11) is -2.72. The van der Waals surface area contributed by atoms with Crippen molar-refractivity contribution in [1.29, 1.82) is 0 Å². The number of hydrogen-bond acceptors (Lipinski definition) is 2. The molecule has 0 heterocycles. The minimum absolute atomic E-state index is 0.169. The molecule has 6 heteroatoms. The minimum Gasteiger partial charge on any atom is -0.465 e. The Morgan fingerprint density at radius 1 is 1.03 bits per heavy atom. The van der Waals surface area contributed by atoms with E-state index in [0.29, 0.717) is 12.8 Å². The second kappa shape index (κ2) is 8.67. The Labute approximate surface area is 173 Å². The first kappa shape index (κ1) is 21.5. The van der Waals surface area contributed by atoms with Gasteiger partial charge >= 0.3 is 6.09 Å². The van der Waals surface area contributed by atoms with Gasteiger partial charge < -0.3 is 14.8 Å². The van der Waals surface area contributed by atoms with Crippen molar-refractivity contribution in [3.63, 3.8) is 0 Å². The summed E-state index contributed by atoms with van der Waals surface area (Å²) in [6.07, 6.45) is -1.39. The lowest BCUT2D eigenvalue weighted by atomic mass is 9.91. The van der Waals surface area contributed by atoms with Crippen LogP contribution in [0.15, 0.2) is 60.7 Å². The van der Waals surface area contributed by atoms with Crippen LogP contribution in [-0.4, -0.2) is 37.8 Å². The van der Waals surface area contributed by atoms with E-state index in [1.165, 1.54) is 10.4 Å². The topological polar surface area (TPSA) is 58.6 Å². The second-order valence-electron chi connectivity index (χ2n) is 8.79. The Morgan fingerprint density at radius 2 is 1.55 bits per heavy atom. The summed E-state index contributed by atoms with van der Waals surface area (Å²) in [4.78, 5) is 10.9. The summed E-state index contributed by atoms with van der Waals surface area (Å²) in [5.41, 5.74) is 0. The fourth-order valence-electron chi connectivity index (χ4n) is 4.45. The molecule has 1 aliphatic carbocycles. The van der Waals surface area contributed by atoms with Gasteiger partial charge in [-0.3, -0.25) is 0 Å². The largest absolute Gasteiger partial charge is 0.465 e. The zero-order valence-corrected chi connectivity index (χ0v) is 18.3. The average Bonchev–Trinajstić information content (AvgIpc) is 2.68. The molecule has 0 aromatic heterocycles. The first-order chi connectivity index (χ1) is 13.7. The molecule has 3 rings (SSSR count). The number of carbonyl (C=O) groups is 1. The molecule has 0 bridgehead atoms. The highest BCUT2D eigenvalue weighted by Crippen LogP contribution is 2.39. The van der Waals surface area contributed by atoms with E-state index < -0.39 is 26.6 Å². The van der Waals surface area contributed by atoms with Crippen molar-refractivity contribution < 1.29 is 18.7 Å². The van der Waals surface area contributed by atoms with E-state index >= 15 is 0 Å². The molecule has 156 valence electrons. The van der Waals surface area contributed by atoms with Crippen molar-refractivity contribution in [3.05, 3.63) is 60.7 Å². The highest BCUT2D eigenvalue weighted by Gasteiger charge is 2.52. The zero-order chi connectivity index (χ0) is 21.1. The predicted octanol–water partition coefficient (Wildman–Crippen LogP) is 4.09. The second-order valence-corrected chi connectivity index (χ2v) is 13.0. The van der Waals surface area contributed by atoms with Crippen molar-refractivity contribution >= 4 is 24.8 Å². The number of hydrogen-bond donors (Lipinski definition) is 2. The van der Waals surface area contributed by atoms with Gasteiger partial charge in [0.15, 0.2) is 0 Å². The highest BCUT2D eigenvalue weighted by atomic mass is 28.4. The van der Waals surface area contributed by atoms with Crippen LogP contribution < -0.4 is 15.7 Å². The molecular weight excluding hydrogens is 385 g/mol. The summed E-state index contributed by atoms with van der Waals surface area (Å²) in [5.74, 6) is 0. The van der Waals surface area contributed by atoms with E-state index in [9.17, 15) is 9.18 Å². The molecule has 0 aliphatic heterocycles. The Hall–Kier alpha value is -2.18. The smallest absolute Gasteiger partial charge is 0.404 e. The Morgan fingerprint density at radius 3 is 1.97 bits per heavy atom. The lowest BCUT2D eigenvalue weighted by molar-refractivity contribution is 0.0709. The van der Waals surface area contributed by atoms with Gasteiger partial charge in [-0.05, 0) is 28.3 Å². The molecule has 2 N–H and O–H groups in total. The van der Waals surface area contributed by atoms with E-state index in [0.717, 1.165) is 0 Å². The Kier molecular flexibility index (Phi) is 6.44. The lowest BCUT2D eigenvalue weighted by Gasteiger charge is -2.46. The SMILES string of the molecule is CC(C)(C)[Si](O[C@@H]1CC[C@H](NC(=O)O)[C@H](F)C1)(c1ccccc1)c1ccccc1. The van der Waals surface area contributed by atoms with Crippen LogP contribution in [0.1, 0.15) is 40.0 Å². The van der Waals surface area contributed by atoms with Crippen LogP contribution in [0.2, 0.25) is 5.04 Å². The van der Waals surface area contributed by atoms with Gasteiger partial charge in [0, 0.05) is 12.5 Å². The number of carboxylic acid groups (broad SMARTS) is 1. The van der Waals surface area contributed by atoms with Gasteiger partial charge in [0.25, 0.3) is 8.32 Å². The molecule has 1 amide bonds. The minimum atomic E-state index is -2.72. The van der Waals surface area contributed by atoms with Crippen molar-refractivity contribution in [2.75, 3.05) is 0 Å². The van der Waals surface area contributed by atoms with E-state index in [-0.39, 0.29) is 17.6 Å². The molecule has 0 spiro atoms. The number of rotatable bonds is 5. The molecule has 1 aliphatic rings.